The number of aromatic nitrogens is 14. The quantitative estimate of drug-likeness (QED) is 0.101. The Kier molecular flexibility index (Phi) is 15.5. The lowest BCUT2D eigenvalue weighted by Gasteiger charge is -2.19. The van der Waals surface area contributed by atoms with E-state index in [1.54, 1.807) is 0 Å². The van der Waals surface area contributed by atoms with Gasteiger partial charge in [-0.3, -0.25) is 59.8 Å². The largest absolute Gasteiger partial charge is 0.454 e. The molecular formula is C96H58N14O. The standard InChI is InChI=1S/C96H58N14O/c1-13-42-97-66(27-1)62-55-79-92(88(74-35-9-21-50-105-74)84(62)70-31-5-17-46-101-70)93-80(56-63(67-28-2-14-43-98-67)85(71-32-6-18-47-102-71)89(93)75-36-10-22-51-106-75)109(79)59-40-41-83-61(54-59)60-26-25-39-78(96(60)111-83)110-81-57-64(68-29-3-15-44-99-68)86(72-33-7-19-48-103-72)90(76-37-11-23-52-107-76)94(81)95-82(110)58-65(69-30-4-16-45-100-69)87(73-34-8-20-49-104-73)91(95)77-38-12-24-53-108-77/h1-58H. The number of hydrogen-bond acceptors (Lipinski definition) is 13. The van der Waals surface area contributed by atoms with Gasteiger partial charge in [0.05, 0.1) is 96.1 Å². The number of fused-ring (bicyclic) bond motifs is 9. The van der Waals surface area contributed by atoms with Gasteiger partial charge in [0.15, 0.2) is 5.58 Å². The maximum atomic E-state index is 7.59. The molecule has 15 nitrogen and oxygen atoms in total. The molecule has 0 N–H and O–H groups in total. The van der Waals surface area contributed by atoms with Crippen LogP contribution in [0.5, 0.6) is 0 Å². The van der Waals surface area contributed by atoms with Gasteiger partial charge in [-0.05, 0) is 194 Å². The fraction of sp³-hybridized carbons (Fsp3) is 0. The van der Waals surface area contributed by atoms with Crippen molar-refractivity contribution >= 4 is 65.6 Å². The Labute approximate surface area is 635 Å². The molecule has 518 valence electrons. The lowest BCUT2D eigenvalue weighted by Crippen LogP contribution is -1.99. The molecule has 15 heterocycles. The number of rotatable bonds is 14. The number of hydrogen-bond donors (Lipinski definition) is 0. The Morgan fingerprint density at radius 3 is 0.712 bits per heavy atom. The van der Waals surface area contributed by atoms with Gasteiger partial charge in [-0.1, -0.05) is 84.9 Å². The number of para-hydroxylation sites is 1. The Bertz CT molecular complexity index is 6740. The zero-order valence-corrected chi connectivity index (χ0v) is 59.2. The van der Waals surface area contributed by atoms with Gasteiger partial charge in [0.1, 0.15) is 5.58 Å². The van der Waals surface area contributed by atoms with Crippen molar-refractivity contribution in [3.8, 4) is 146 Å². The van der Waals surface area contributed by atoms with Gasteiger partial charge in [-0.2, -0.15) is 0 Å². The van der Waals surface area contributed by atoms with Crippen LogP contribution in [0.3, 0.4) is 0 Å². The summed E-state index contributed by atoms with van der Waals surface area (Å²) in [6, 6.07) is 94.8. The predicted octanol–water partition coefficient (Wildman–Crippen LogP) is 22.5. The summed E-state index contributed by atoms with van der Waals surface area (Å²) in [5.74, 6) is 0. The number of furan rings is 1. The summed E-state index contributed by atoms with van der Waals surface area (Å²) >= 11 is 0. The van der Waals surface area contributed by atoms with Crippen LogP contribution in [0, 0.1) is 0 Å². The summed E-state index contributed by atoms with van der Waals surface area (Å²) in [5.41, 5.74) is 25.7. The van der Waals surface area contributed by atoms with Crippen LogP contribution in [-0.4, -0.2) is 68.9 Å². The van der Waals surface area contributed by atoms with Gasteiger partial charge in [0.25, 0.3) is 0 Å². The number of benzene rings is 6. The van der Waals surface area contributed by atoms with Crippen molar-refractivity contribution in [3.63, 3.8) is 0 Å². The molecule has 111 heavy (non-hydrogen) atoms. The highest BCUT2D eigenvalue weighted by molar-refractivity contribution is 6.29. The summed E-state index contributed by atoms with van der Waals surface area (Å²) in [7, 11) is 0. The molecule has 0 aliphatic heterocycles. The fourth-order valence-electron chi connectivity index (χ4n) is 16.3. The van der Waals surface area contributed by atoms with Gasteiger partial charge in [0, 0.05) is 179 Å². The van der Waals surface area contributed by atoms with E-state index in [1.807, 2.05) is 220 Å². The maximum absolute atomic E-state index is 7.59. The van der Waals surface area contributed by atoms with Crippen LogP contribution in [0.1, 0.15) is 0 Å². The van der Waals surface area contributed by atoms with E-state index in [-0.39, 0.29) is 0 Å². The summed E-state index contributed by atoms with van der Waals surface area (Å²) in [5, 5.41) is 5.40. The van der Waals surface area contributed by atoms with Gasteiger partial charge in [-0.15, -0.1) is 0 Å². The number of pyridine rings is 12. The van der Waals surface area contributed by atoms with Crippen molar-refractivity contribution in [3.05, 3.63) is 353 Å². The highest BCUT2D eigenvalue weighted by atomic mass is 16.3. The highest BCUT2D eigenvalue weighted by Gasteiger charge is 2.34. The van der Waals surface area contributed by atoms with Crippen molar-refractivity contribution in [1.29, 1.82) is 0 Å². The van der Waals surface area contributed by atoms with Crippen LogP contribution in [0.25, 0.3) is 212 Å². The van der Waals surface area contributed by atoms with Crippen LogP contribution in [0.2, 0.25) is 0 Å². The predicted molar refractivity (Wildman–Crippen MR) is 441 cm³/mol. The lowest BCUT2D eigenvalue weighted by molar-refractivity contribution is 0.666. The monoisotopic (exact) mass is 1420 g/mol. The molecule has 0 unspecified atom stereocenters. The van der Waals surface area contributed by atoms with Crippen molar-refractivity contribution in [2.45, 2.75) is 0 Å². The first-order valence-electron chi connectivity index (χ1n) is 36.5. The van der Waals surface area contributed by atoms with Crippen LogP contribution in [-0.2, 0) is 0 Å². The van der Waals surface area contributed by atoms with Crippen LogP contribution in [0.4, 0.5) is 0 Å². The highest BCUT2D eigenvalue weighted by Crippen LogP contribution is 2.56. The second-order valence-electron chi connectivity index (χ2n) is 27.0. The third-order valence-electron chi connectivity index (χ3n) is 20.8. The molecule has 15 aromatic heterocycles. The van der Waals surface area contributed by atoms with Crippen LogP contribution >= 0.6 is 0 Å². The molecule has 0 spiro atoms. The molecule has 0 aliphatic carbocycles. The average molecular weight is 1420 g/mol. The van der Waals surface area contributed by atoms with Gasteiger partial charge in [0.2, 0.25) is 0 Å². The van der Waals surface area contributed by atoms with E-state index in [2.05, 4.69) is 143 Å². The molecule has 0 atom stereocenters. The van der Waals surface area contributed by atoms with Crippen molar-refractivity contribution in [2.75, 3.05) is 0 Å². The minimum atomic E-state index is 0.649. The second kappa shape index (κ2) is 26.8. The molecule has 15 heteroatoms. The third-order valence-corrected chi connectivity index (χ3v) is 20.8. The molecule has 0 amide bonds. The molecule has 6 aromatic carbocycles. The van der Waals surface area contributed by atoms with E-state index in [4.69, 9.17) is 64.2 Å². The minimum absolute atomic E-state index is 0.649. The van der Waals surface area contributed by atoms with E-state index >= 15 is 0 Å². The molecule has 0 saturated carbocycles. The molecule has 21 rings (SSSR count). The van der Waals surface area contributed by atoms with Crippen molar-refractivity contribution in [1.82, 2.24) is 68.9 Å². The van der Waals surface area contributed by atoms with E-state index in [1.165, 1.54) is 0 Å². The Balaban J connectivity index is 0.929. The molecule has 0 radical (unpaired) electrons. The van der Waals surface area contributed by atoms with E-state index in [9.17, 15) is 0 Å². The fourth-order valence-corrected chi connectivity index (χ4v) is 16.3. The summed E-state index contributed by atoms with van der Waals surface area (Å²) in [4.78, 5) is 62.4. The third kappa shape index (κ3) is 10.7. The van der Waals surface area contributed by atoms with E-state index < -0.39 is 0 Å². The minimum Gasteiger partial charge on any atom is -0.454 e. The average Bonchev–Trinajstić information content (AvgIpc) is 1.55. The topological polar surface area (TPSA) is 178 Å². The summed E-state index contributed by atoms with van der Waals surface area (Å²) in [6.45, 7) is 0. The second-order valence-corrected chi connectivity index (χ2v) is 27.0. The first-order valence-corrected chi connectivity index (χ1v) is 36.5. The molecule has 0 fully saturated rings. The molecule has 0 aliphatic rings. The SMILES string of the molecule is c1ccc(-c2cc3c(c(-c4ccccn4)c2-c2ccccn2)c2c(-c4ccccn4)c(-c4ccccn4)c(-c4ccccn4)cc2n3-c2ccc3oc4c(-n5c6cc(-c7ccccn7)c(-c7ccccn7)c(-c7ccccn7)c6c6c(-c7ccccn7)c(-c7ccccn7)c(-c7ccccn7)cc65)cccc4c3c2)nc1. The molecular weight excluding hydrogens is 1370 g/mol. The van der Waals surface area contributed by atoms with Gasteiger partial charge < -0.3 is 13.6 Å². The Morgan fingerprint density at radius 1 is 0.198 bits per heavy atom. The number of nitrogens with zero attached hydrogens (tertiary/aromatic N) is 14. The first kappa shape index (κ1) is 63.9. The van der Waals surface area contributed by atoms with Crippen LogP contribution < -0.4 is 0 Å². The van der Waals surface area contributed by atoms with Crippen molar-refractivity contribution < 1.29 is 4.42 Å². The smallest absolute Gasteiger partial charge is 0.159 e. The zero-order chi connectivity index (χ0) is 73.3. The Morgan fingerprint density at radius 2 is 0.450 bits per heavy atom. The van der Waals surface area contributed by atoms with Crippen LogP contribution in [0.15, 0.2) is 358 Å². The van der Waals surface area contributed by atoms with E-state index in [0.29, 0.717) is 11.2 Å². The van der Waals surface area contributed by atoms with Crippen molar-refractivity contribution in [2.24, 2.45) is 0 Å². The normalized spacial score (nSPS) is 11.6. The summed E-state index contributed by atoms with van der Waals surface area (Å²) < 4.78 is 12.3. The zero-order valence-electron chi connectivity index (χ0n) is 59.2. The lowest BCUT2D eigenvalue weighted by atomic mass is 9.85. The maximum Gasteiger partial charge on any atom is 0.159 e. The van der Waals surface area contributed by atoms with Gasteiger partial charge >= 0.3 is 0 Å². The van der Waals surface area contributed by atoms with Gasteiger partial charge in [-0.25, -0.2) is 0 Å². The van der Waals surface area contributed by atoms with E-state index in [0.717, 1.165) is 201 Å². The first-order chi connectivity index (χ1) is 55.2. The summed E-state index contributed by atoms with van der Waals surface area (Å²) in [6.07, 6.45) is 22.2. The molecule has 21 aromatic rings. The molecule has 0 saturated heterocycles. The molecule has 0 bridgehead atoms. The Hall–Kier alpha value is -15.5.